The molecule has 0 bridgehead atoms. The Balaban J connectivity index is 1.76. The smallest absolute Gasteiger partial charge is 0.389 e. The first kappa shape index (κ1) is 34.6. The molecule has 0 unspecified atom stereocenters. The number of para-hydroxylation sites is 1. The summed E-state index contributed by atoms with van der Waals surface area (Å²) < 4.78 is 61.0. The number of esters is 1. The zero-order valence-electron chi connectivity index (χ0n) is 25.9. The number of aliphatic imine (C=N–C) groups is 1. The molecule has 248 valence electrons. The minimum absolute atomic E-state index is 0.0526. The monoisotopic (exact) mass is 646 g/mol. The summed E-state index contributed by atoms with van der Waals surface area (Å²) >= 11 is 0. The van der Waals surface area contributed by atoms with Crippen LogP contribution in [0.3, 0.4) is 0 Å². The molecule has 13 heteroatoms. The summed E-state index contributed by atoms with van der Waals surface area (Å²) in [6.07, 6.45) is -6.84. The fourth-order valence-electron chi connectivity index (χ4n) is 5.34. The summed E-state index contributed by atoms with van der Waals surface area (Å²) in [7, 11) is 0. The molecule has 46 heavy (non-hydrogen) atoms. The fourth-order valence-corrected chi connectivity index (χ4v) is 5.34. The van der Waals surface area contributed by atoms with Gasteiger partial charge in [0.1, 0.15) is 5.82 Å². The predicted molar refractivity (Wildman–Crippen MR) is 162 cm³/mol. The van der Waals surface area contributed by atoms with Crippen LogP contribution < -0.4 is 16.0 Å². The van der Waals surface area contributed by atoms with Crippen LogP contribution >= 0.6 is 0 Å². The topological polar surface area (TPSA) is 131 Å². The van der Waals surface area contributed by atoms with Gasteiger partial charge >= 0.3 is 12.1 Å². The number of rotatable bonds is 13. The summed E-state index contributed by atoms with van der Waals surface area (Å²) in [5, 5.41) is 2.43. The summed E-state index contributed by atoms with van der Waals surface area (Å²) in [4.78, 5) is 58.4. The highest BCUT2D eigenvalue weighted by Gasteiger charge is 2.42. The first-order valence-electron chi connectivity index (χ1n) is 15.2. The van der Waals surface area contributed by atoms with Crippen molar-refractivity contribution in [3.05, 3.63) is 65.5 Å². The van der Waals surface area contributed by atoms with Crippen molar-refractivity contribution in [2.45, 2.75) is 65.2 Å². The van der Waals surface area contributed by atoms with Crippen LogP contribution in [0.5, 0.6) is 0 Å². The molecule has 0 aromatic heterocycles. The molecule has 3 amide bonds. The highest BCUT2D eigenvalue weighted by molar-refractivity contribution is 6.20. The van der Waals surface area contributed by atoms with E-state index >= 15 is 4.39 Å². The van der Waals surface area contributed by atoms with Crippen molar-refractivity contribution >= 4 is 35.1 Å². The normalized spacial score (nSPS) is 18.6. The zero-order valence-corrected chi connectivity index (χ0v) is 25.9. The first-order valence-corrected chi connectivity index (χ1v) is 15.2. The number of benzene rings is 2. The third-order valence-corrected chi connectivity index (χ3v) is 8.51. The Morgan fingerprint density at radius 2 is 1.72 bits per heavy atom. The number of nitrogens with zero attached hydrogens (tertiary/aromatic N) is 2. The van der Waals surface area contributed by atoms with E-state index in [1.165, 1.54) is 12.1 Å². The second-order valence-corrected chi connectivity index (χ2v) is 12.2. The lowest BCUT2D eigenvalue weighted by Gasteiger charge is -2.28. The summed E-state index contributed by atoms with van der Waals surface area (Å²) in [6.45, 7) is 4.53. The number of benzodiazepines with no additional fused rings is 1. The number of ether oxygens (including phenoxy) is 1. The van der Waals surface area contributed by atoms with E-state index in [4.69, 9.17) is 10.5 Å². The number of nitrogens with two attached hydrogens (primary N) is 1. The van der Waals surface area contributed by atoms with E-state index in [2.05, 4.69) is 10.3 Å². The minimum Gasteiger partial charge on any atom is -0.444 e. The van der Waals surface area contributed by atoms with Gasteiger partial charge in [-0.3, -0.25) is 24.1 Å². The standard InChI is InChI=1S/C33H38F4N4O5/c1-18(2)19(3)32(45)46-17-41-27-23(10-7-11-25(27)34)26(21-8-5-4-6-9-21)39-29(31(41)44)40-30(43)22(14-15-33(35,36)37)24(28(38)42)16-20-12-13-20/h4-11,18-20,22,24,29H,12-17H2,1-3H3,(H2,38,42)(H,40,43)/t19-,22+,24-,29+/m0/s1. The van der Waals surface area contributed by atoms with E-state index in [1.807, 2.05) is 0 Å². The summed E-state index contributed by atoms with van der Waals surface area (Å²) in [5.74, 6) is -7.75. The number of nitrogens with one attached hydrogen (secondary N) is 1. The van der Waals surface area contributed by atoms with E-state index in [-0.39, 0.29) is 35.2 Å². The third kappa shape index (κ3) is 8.49. The maximum absolute atomic E-state index is 15.6. The Morgan fingerprint density at radius 1 is 1.04 bits per heavy atom. The Bertz CT molecular complexity index is 1480. The van der Waals surface area contributed by atoms with Crippen LogP contribution in [-0.4, -0.2) is 48.5 Å². The lowest BCUT2D eigenvalue weighted by atomic mass is 9.83. The number of anilines is 1. The molecule has 0 radical (unpaired) electrons. The van der Waals surface area contributed by atoms with E-state index < -0.39 is 79.2 Å². The molecule has 9 nitrogen and oxygen atoms in total. The Kier molecular flexibility index (Phi) is 10.8. The molecule has 0 spiro atoms. The van der Waals surface area contributed by atoms with Crippen molar-refractivity contribution in [1.82, 2.24) is 5.32 Å². The number of alkyl halides is 3. The summed E-state index contributed by atoms with van der Waals surface area (Å²) in [6, 6.07) is 12.4. The van der Waals surface area contributed by atoms with Gasteiger partial charge in [0.2, 0.25) is 18.0 Å². The molecule has 2 aliphatic rings. The van der Waals surface area contributed by atoms with Crippen molar-refractivity contribution in [2.24, 2.45) is 40.3 Å². The Hall–Kier alpha value is -4.29. The van der Waals surface area contributed by atoms with E-state index in [0.717, 1.165) is 23.8 Å². The van der Waals surface area contributed by atoms with Crippen LogP contribution in [0.2, 0.25) is 0 Å². The van der Waals surface area contributed by atoms with Gasteiger partial charge in [0.05, 0.1) is 17.3 Å². The molecule has 4 rings (SSSR count). The number of hydrogen-bond donors (Lipinski definition) is 2. The highest BCUT2D eigenvalue weighted by Crippen LogP contribution is 2.39. The molecule has 2 aromatic rings. The molecule has 1 aliphatic heterocycles. The van der Waals surface area contributed by atoms with Crippen molar-refractivity contribution in [1.29, 1.82) is 0 Å². The van der Waals surface area contributed by atoms with E-state index in [0.29, 0.717) is 5.56 Å². The van der Waals surface area contributed by atoms with Crippen LogP contribution in [0.15, 0.2) is 53.5 Å². The third-order valence-electron chi connectivity index (χ3n) is 8.51. The maximum Gasteiger partial charge on any atom is 0.389 e. The molecule has 1 fully saturated rings. The summed E-state index contributed by atoms with van der Waals surface area (Å²) in [5.41, 5.74) is 6.05. The maximum atomic E-state index is 15.6. The average molecular weight is 647 g/mol. The molecular weight excluding hydrogens is 608 g/mol. The van der Waals surface area contributed by atoms with Gasteiger partial charge in [-0.05, 0) is 30.7 Å². The lowest BCUT2D eigenvalue weighted by molar-refractivity contribution is -0.150. The molecule has 1 heterocycles. The van der Waals surface area contributed by atoms with Gasteiger partial charge in [-0.15, -0.1) is 0 Å². The number of fused-ring (bicyclic) bond motifs is 1. The number of hydrogen-bond acceptors (Lipinski definition) is 6. The number of amides is 3. The van der Waals surface area contributed by atoms with E-state index in [9.17, 15) is 32.3 Å². The number of halogens is 4. The molecule has 2 aromatic carbocycles. The van der Waals surface area contributed by atoms with Crippen LogP contribution in [0.1, 0.15) is 64.0 Å². The van der Waals surface area contributed by atoms with Crippen molar-refractivity contribution in [2.75, 3.05) is 11.6 Å². The molecule has 1 aliphatic carbocycles. The number of carbonyl (C=O) groups excluding carboxylic acids is 4. The number of primary amides is 1. The van der Waals surface area contributed by atoms with Gasteiger partial charge in [-0.1, -0.05) is 76.1 Å². The zero-order chi connectivity index (χ0) is 33.8. The van der Waals surface area contributed by atoms with Gasteiger partial charge < -0.3 is 15.8 Å². The SMILES string of the molecule is CC(C)[C@H](C)C(=O)OCN1C(=O)[C@@H](NC(=O)[C@H](CCC(F)(F)F)[C@H](CC2CC2)C(N)=O)N=C(c2ccccc2)c2cccc(F)c21. The van der Waals surface area contributed by atoms with Gasteiger partial charge in [0.15, 0.2) is 6.73 Å². The molecule has 0 saturated heterocycles. The Labute approximate surface area is 264 Å². The number of carbonyl (C=O) groups is 4. The van der Waals surface area contributed by atoms with Gasteiger partial charge in [0.25, 0.3) is 5.91 Å². The Morgan fingerprint density at radius 3 is 2.30 bits per heavy atom. The van der Waals surface area contributed by atoms with Crippen molar-refractivity contribution in [3.8, 4) is 0 Å². The first-order chi connectivity index (χ1) is 21.7. The van der Waals surface area contributed by atoms with Crippen molar-refractivity contribution < 1.29 is 41.5 Å². The highest BCUT2D eigenvalue weighted by atomic mass is 19.4. The van der Waals surface area contributed by atoms with Gasteiger partial charge in [-0.25, -0.2) is 9.38 Å². The second-order valence-electron chi connectivity index (χ2n) is 12.2. The molecule has 1 saturated carbocycles. The predicted octanol–water partition coefficient (Wildman–Crippen LogP) is 5.11. The molecular formula is C33H38F4N4O5. The van der Waals surface area contributed by atoms with Gasteiger partial charge in [0, 0.05) is 29.4 Å². The lowest BCUT2D eigenvalue weighted by Crippen LogP contribution is -2.51. The minimum atomic E-state index is -4.62. The van der Waals surface area contributed by atoms with Crippen molar-refractivity contribution in [3.63, 3.8) is 0 Å². The van der Waals surface area contributed by atoms with E-state index in [1.54, 1.807) is 51.1 Å². The molecule has 3 N–H and O–H groups in total. The largest absolute Gasteiger partial charge is 0.444 e. The second kappa shape index (κ2) is 14.4. The quantitative estimate of drug-likeness (QED) is 0.231. The van der Waals surface area contributed by atoms with Crippen LogP contribution in [-0.2, 0) is 23.9 Å². The fraction of sp³-hybridized carbons (Fsp3) is 0.485. The van der Waals surface area contributed by atoms with Gasteiger partial charge in [-0.2, -0.15) is 13.2 Å². The van der Waals surface area contributed by atoms with Crippen LogP contribution in [0, 0.1) is 35.4 Å². The van der Waals surface area contributed by atoms with Crippen LogP contribution in [0.25, 0.3) is 0 Å². The van der Waals surface area contributed by atoms with Crippen LogP contribution in [0.4, 0.5) is 23.2 Å². The molecule has 4 atom stereocenters. The average Bonchev–Trinajstić information content (AvgIpc) is 3.83.